The van der Waals surface area contributed by atoms with Gasteiger partial charge in [-0.25, -0.2) is 4.79 Å². The number of aromatic carboxylic acids is 1. The lowest BCUT2D eigenvalue weighted by molar-refractivity contribution is -0.125. The molecule has 3 N–H and O–H groups in total. The number of carbonyl (C=O) groups excluding carboxylic acids is 1. The molecule has 16 heavy (non-hydrogen) atoms. The fourth-order valence-corrected chi connectivity index (χ4v) is 1.95. The van der Waals surface area contributed by atoms with E-state index in [4.69, 9.17) is 10.8 Å². The minimum absolute atomic E-state index is 0.201. The summed E-state index contributed by atoms with van der Waals surface area (Å²) >= 11 is 0. The number of carbonyl (C=O) groups is 2. The maximum atomic E-state index is 11.4. The first-order valence-electron chi connectivity index (χ1n) is 4.92. The summed E-state index contributed by atoms with van der Waals surface area (Å²) in [5.74, 6) is -1.49. The van der Waals surface area contributed by atoms with Crippen LogP contribution in [0.5, 0.6) is 0 Å². The van der Waals surface area contributed by atoms with Gasteiger partial charge in [-0.1, -0.05) is 0 Å². The number of amides is 1. The lowest BCUT2D eigenvalue weighted by atomic mass is 10.0. The molecule has 5 heteroatoms. The first-order chi connectivity index (χ1) is 7.19. The van der Waals surface area contributed by atoms with E-state index in [2.05, 4.69) is 0 Å². The summed E-state index contributed by atoms with van der Waals surface area (Å²) in [4.78, 5) is 22.3. The molecule has 88 valence electrons. The molecule has 0 saturated carbocycles. The summed E-state index contributed by atoms with van der Waals surface area (Å²) in [5.41, 5.74) is 5.83. The van der Waals surface area contributed by atoms with Gasteiger partial charge in [-0.15, -0.1) is 0 Å². The second-order valence-corrected chi connectivity index (χ2v) is 4.35. The van der Waals surface area contributed by atoms with Crippen LogP contribution in [0.3, 0.4) is 0 Å². The molecule has 5 nitrogen and oxygen atoms in total. The third kappa shape index (κ3) is 1.68. The summed E-state index contributed by atoms with van der Waals surface area (Å²) in [6.45, 7) is 6.76. The van der Waals surface area contributed by atoms with E-state index in [9.17, 15) is 9.59 Å². The summed E-state index contributed by atoms with van der Waals surface area (Å²) in [7, 11) is 0. The van der Waals surface area contributed by atoms with Crippen molar-refractivity contribution in [3.63, 3.8) is 0 Å². The first kappa shape index (κ1) is 12.3. The Morgan fingerprint density at radius 1 is 1.38 bits per heavy atom. The molecule has 1 amide bonds. The highest BCUT2D eigenvalue weighted by Crippen LogP contribution is 2.24. The van der Waals surface area contributed by atoms with Gasteiger partial charge < -0.3 is 15.4 Å². The first-order valence-corrected chi connectivity index (χ1v) is 4.92. The maximum Gasteiger partial charge on any atom is 0.337 e. The van der Waals surface area contributed by atoms with E-state index in [0.717, 1.165) is 0 Å². The van der Waals surface area contributed by atoms with Crippen molar-refractivity contribution in [2.24, 2.45) is 5.73 Å². The Morgan fingerprint density at radius 3 is 2.19 bits per heavy atom. The van der Waals surface area contributed by atoms with Crippen molar-refractivity contribution in [2.75, 3.05) is 0 Å². The fourth-order valence-electron chi connectivity index (χ4n) is 1.95. The van der Waals surface area contributed by atoms with Gasteiger partial charge in [0, 0.05) is 11.4 Å². The van der Waals surface area contributed by atoms with Crippen LogP contribution in [0.1, 0.15) is 35.6 Å². The van der Waals surface area contributed by atoms with Crippen molar-refractivity contribution < 1.29 is 14.7 Å². The Kier molecular flexibility index (Phi) is 2.81. The molecule has 0 fully saturated rings. The predicted octanol–water partition coefficient (Wildman–Crippen LogP) is 1.02. The molecule has 1 aromatic rings. The highest BCUT2D eigenvalue weighted by atomic mass is 16.4. The van der Waals surface area contributed by atoms with Gasteiger partial charge in [-0.2, -0.15) is 0 Å². The summed E-state index contributed by atoms with van der Waals surface area (Å²) < 4.78 is 1.65. The number of hydrogen-bond donors (Lipinski definition) is 2. The minimum atomic E-state index is -1.00. The van der Waals surface area contributed by atoms with Crippen LogP contribution in [0.15, 0.2) is 6.07 Å². The number of aromatic nitrogens is 1. The molecule has 1 rings (SSSR count). The largest absolute Gasteiger partial charge is 0.478 e. The number of hydrogen-bond acceptors (Lipinski definition) is 2. The predicted molar refractivity (Wildman–Crippen MR) is 59.4 cm³/mol. The van der Waals surface area contributed by atoms with Crippen LogP contribution in [0.2, 0.25) is 0 Å². The third-order valence-corrected chi connectivity index (χ3v) is 2.82. The molecule has 1 aromatic heterocycles. The SMILES string of the molecule is Cc1cc(C(=O)O)c(C)n1C(C)(C)C(N)=O. The van der Waals surface area contributed by atoms with Crippen molar-refractivity contribution in [1.29, 1.82) is 0 Å². The van der Waals surface area contributed by atoms with Gasteiger partial charge in [0.2, 0.25) is 5.91 Å². The lowest BCUT2D eigenvalue weighted by Gasteiger charge is -2.26. The van der Waals surface area contributed by atoms with Gasteiger partial charge in [0.25, 0.3) is 0 Å². The van der Waals surface area contributed by atoms with E-state index in [1.165, 1.54) is 0 Å². The van der Waals surface area contributed by atoms with Crippen molar-refractivity contribution in [3.8, 4) is 0 Å². The number of carboxylic acids is 1. The Morgan fingerprint density at radius 2 is 1.88 bits per heavy atom. The molecule has 1 heterocycles. The van der Waals surface area contributed by atoms with Gasteiger partial charge in [-0.05, 0) is 33.8 Å². The topological polar surface area (TPSA) is 85.3 Å². The molecule has 0 bridgehead atoms. The third-order valence-electron chi connectivity index (χ3n) is 2.82. The molecule has 0 aliphatic heterocycles. The van der Waals surface area contributed by atoms with Gasteiger partial charge in [-0.3, -0.25) is 4.79 Å². The van der Waals surface area contributed by atoms with Crippen LogP contribution in [0, 0.1) is 13.8 Å². The van der Waals surface area contributed by atoms with Crippen LogP contribution in [0.4, 0.5) is 0 Å². The minimum Gasteiger partial charge on any atom is -0.478 e. The van der Waals surface area contributed by atoms with E-state index in [-0.39, 0.29) is 5.56 Å². The zero-order valence-corrected chi connectivity index (χ0v) is 9.87. The molecule has 0 atom stereocenters. The average Bonchev–Trinajstić information content (AvgIpc) is 2.41. The average molecular weight is 224 g/mol. The monoisotopic (exact) mass is 224 g/mol. The van der Waals surface area contributed by atoms with Crippen LogP contribution in [-0.2, 0) is 10.3 Å². The van der Waals surface area contributed by atoms with E-state index < -0.39 is 17.4 Å². The summed E-state index contributed by atoms with van der Waals surface area (Å²) in [6.07, 6.45) is 0. The summed E-state index contributed by atoms with van der Waals surface area (Å²) in [5, 5.41) is 8.98. The molecule has 0 unspecified atom stereocenters. The van der Waals surface area contributed by atoms with E-state index in [0.29, 0.717) is 11.4 Å². The highest BCUT2D eigenvalue weighted by molar-refractivity contribution is 5.90. The number of carboxylic acid groups (broad SMARTS) is 1. The number of rotatable bonds is 3. The molecule has 0 spiro atoms. The molecule has 0 radical (unpaired) electrons. The highest BCUT2D eigenvalue weighted by Gasteiger charge is 2.31. The van der Waals surface area contributed by atoms with Gasteiger partial charge >= 0.3 is 5.97 Å². The normalized spacial score (nSPS) is 11.5. The standard InChI is InChI=1S/C11H16N2O3/c1-6-5-8(9(14)15)7(2)13(6)11(3,4)10(12)16/h5H,1-4H3,(H2,12,16)(H,14,15). The number of nitrogens with two attached hydrogens (primary N) is 1. The zero-order valence-electron chi connectivity index (χ0n) is 9.87. The van der Waals surface area contributed by atoms with Crippen molar-refractivity contribution in [1.82, 2.24) is 4.57 Å². The molecule has 0 aromatic carbocycles. The Balaban J connectivity index is 3.47. The van der Waals surface area contributed by atoms with Crippen LogP contribution >= 0.6 is 0 Å². The van der Waals surface area contributed by atoms with Crippen LogP contribution in [-0.4, -0.2) is 21.6 Å². The number of primary amides is 1. The van der Waals surface area contributed by atoms with Crippen LogP contribution < -0.4 is 5.73 Å². The summed E-state index contributed by atoms with van der Waals surface area (Å²) in [6, 6.07) is 1.54. The van der Waals surface area contributed by atoms with Crippen molar-refractivity contribution in [3.05, 3.63) is 23.0 Å². The molecule has 0 aliphatic carbocycles. The van der Waals surface area contributed by atoms with Crippen molar-refractivity contribution >= 4 is 11.9 Å². The van der Waals surface area contributed by atoms with Crippen LogP contribution in [0.25, 0.3) is 0 Å². The number of aryl methyl sites for hydroxylation is 1. The van der Waals surface area contributed by atoms with Gasteiger partial charge in [0.1, 0.15) is 5.54 Å². The van der Waals surface area contributed by atoms with Gasteiger partial charge in [0.15, 0.2) is 0 Å². The Labute approximate surface area is 93.9 Å². The second kappa shape index (κ2) is 3.66. The molecule has 0 aliphatic rings. The lowest BCUT2D eigenvalue weighted by Crippen LogP contribution is -2.42. The van der Waals surface area contributed by atoms with E-state index in [1.54, 1.807) is 38.3 Å². The Bertz CT molecular complexity index is 458. The quantitative estimate of drug-likeness (QED) is 0.803. The van der Waals surface area contributed by atoms with E-state index in [1.807, 2.05) is 0 Å². The van der Waals surface area contributed by atoms with Crippen molar-refractivity contribution in [2.45, 2.75) is 33.2 Å². The maximum absolute atomic E-state index is 11.4. The van der Waals surface area contributed by atoms with E-state index >= 15 is 0 Å². The fraction of sp³-hybridized carbons (Fsp3) is 0.455. The molecular weight excluding hydrogens is 208 g/mol. The smallest absolute Gasteiger partial charge is 0.337 e. The molecular formula is C11H16N2O3. The Hall–Kier alpha value is -1.78. The second-order valence-electron chi connectivity index (χ2n) is 4.35. The zero-order chi connectivity index (χ0) is 12.7. The number of nitrogens with zero attached hydrogens (tertiary/aromatic N) is 1. The van der Waals surface area contributed by atoms with Gasteiger partial charge in [0.05, 0.1) is 5.56 Å². The molecule has 0 saturated heterocycles.